The van der Waals surface area contributed by atoms with Gasteiger partial charge in [0.2, 0.25) is 0 Å². The monoisotopic (exact) mass is 322 g/mol. The van der Waals surface area contributed by atoms with Crippen molar-refractivity contribution in [2.24, 2.45) is 0 Å². The van der Waals surface area contributed by atoms with Crippen LogP contribution >= 0.6 is 15.9 Å². The fourth-order valence-corrected chi connectivity index (χ4v) is 2.05. The van der Waals surface area contributed by atoms with Gasteiger partial charge < -0.3 is 9.88 Å². The molecule has 1 aromatic heterocycles. The van der Waals surface area contributed by atoms with Crippen molar-refractivity contribution in [1.29, 1.82) is 0 Å². The van der Waals surface area contributed by atoms with Gasteiger partial charge in [0.15, 0.2) is 5.82 Å². The summed E-state index contributed by atoms with van der Waals surface area (Å²) < 4.78 is 2.82. The van der Waals surface area contributed by atoms with Gasteiger partial charge in [-0.15, -0.1) is 10.2 Å². The van der Waals surface area contributed by atoms with Crippen molar-refractivity contribution in [2.45, 2.75) is 26.9 Å². The molecule has 0 unspecified atom stereocenters. The highest BCUT2D eigenvalue weighted by Crippen LogP contribution is 2.17. The van der Waals surface area contributed by atoms with Gasteiger partial charge in [-0.25, -0.2) is 0 Å². The second-order valence-corrected chi connectivity index (χ2v) is 5.03. The van der Waals surface area contributed by atoms with Gasteiger partial charge in [0.05, 0.1) is 6.54 Å². The van der Waals surface area contributed by atoms with E-state index in [1.54, 1.807) is 12.4 Å². The molecule has 0 radical (unpaired) electrons. The predicted octanol–water partition coefficient (Wildman–Crippen LogP) is 2.30. The fraction of sp³-hybridized carbons (Fsp3) is 0.308. The summed E-state index contributed by atoms with van der Waals surface area (Å²) in [5, 5.41) is 10.6. The van der Waals surface area contributed by atoms with E-state index in [0.717, 1.165) is 22.4 Å². The van der Waals surface area contributed by atoms with E-state index < -0.39 is 0 Å². The Hall–Kier alpha value is -1.69. The number of carbonyl (C=O) groups excluding carboxylic acids is 1. The van der Waals surface area contributed by atoms with E-state index >= 15 is 0 Å². The third kappa shape index (κ3) is 3.20. The van der Waals surface area contributed by atoms with Crippen LogP contribution < -0.4 is 5.32 Å². The predicted molar refractivity (Wildman–Crippen MR) is 75.7 cm³/mol. The van der Waals surface area contributed by atoms with Crippen LogP contribution in [0.25, 0.3) is 0 Å². The zero-order valence-electron chi connectivity index (χ0n) is 10.9. The summed E-state index contributed by atoms with van der Waals surface area (Å²) >= 11 is 3.42. The summed E-state index contributed by atoms with van der Waals surface area (Å²) in [6.45, 7) is 5.15. The van der Waals surface area contributed by atoms with E-state index in [1.807, 2.05) is 30.5 Å². The molecule has 0 saturated heterocycles. The van der Waals surface area contributed by atoms with Crippen molar-refractivity contribution in [3.8, 4) is 0 Å². The summed E-state index contributed by atoms with van der Waals surface area (Å²) in [5.41, 5.74) is 1.72. The van der Waals surface area contributed by atoms with Crippen molar-refractivity contribution in [3.63, 3.8) is 0 Å². The number of rotatable bonds is 4. The Kier molecular flexibility index (Phi) is 4.31. The summed E-state index contributed by atoms with van der Waals surface area (Å²) in [5.74, 6) is 0.633. The molecule has 1 N–H and O–H groups in total. The summed E-state index contributed by atoms with van der Waals surface area (Å²) in [6.07, 6.45) is 1.66. The molecule has 19 heavy (non-hydrogen) atoms. The molecule has 0 atom stereocenters. The van der Waals surface area contributed by atoms with Crippen molar-refractivity contribution in [3.05, 3.63) is 46.0 Å². The fourth-order valence-electron chi connectivity index (χ4n) is 1.68. The minimum Gasteiger partial charge on any atom is -0.345 e. The van der Waals surface area contributed by atoms with Gasteiger partial charge in [-0.1, -0.05) is 22.0 Å². The Balaban J connectivity index is 2.03. The van der Waals surface area contributed by atoms with Crippen LogP contribution in [0.2, 0.25) is 0 Å². The molecule has 5 nitrogen and oxygen atoms in total. The van der Waals surface area contributed by atoms with Crippen LogP contribution in [0.4, 0.5) is 0 Å². The first kappa shape index (κ1) is 13.7. The number of benzene rings is 1. The van der Waals surface area contributed by atoms with Crippen molar-refractivity contribution >= 4 is 21.8 Å². The van der Waals surface area contributed by atoms with Crippen LogP contribution in [-0.2, 0) is 13.1 Å². The van der Waals surface area contributed by atoms with Crippen LogP contribution in [0.5, 0.6) is 0 Å². The van der Waals surface area contributed by atoms with E-state index in [9.17, 15) is 4.79 Å². The number of aryl methyl sites for hydroxylation is 2. The lowest BCUT2D eigenvalue weighted by Crippen LogP contribution is -2.24. The number of carbonyl (C=O) groups is 1. The molecule has 1 amide bonds. The van der Waals surface area contributed by atoms with Gasteiger partial charge in [0.25, 0.3) is 5.91 Å². The van der Waals surface area contributed by atoms with Gasteiger partial charge in [-0.2, -0.15) is 0 Å². The summed E-state index contributed by atoms with van der Waals surface area (Å²) in [6, 6.07) is 5.53. The van der Waals surface area contributed by atoms with E-state index in [4.69, 9.17) is 0 Å². The molecule has 1 aromatic carbocycles. The zero-order chi connectivity index (χ0) is 13.8. The van der Waals surface area contributed by atoms with Crippen molar-refractivity contribution < 1.29 is 4.79 Å². The Morgan fingerprint density at radius 1 is 1.47 bits per heavy atom. The van der Waals surface area contributed by atoms with E-state index in [1.165, 1.54) is 0 Å². The lowest BCUT2D eigenvalue weighted by atomic mass is 10.1. The number of halogens is 1. The molecular weight excluding hydrogens is 308 g/mol. The Labute approximate surface area is 120 Å². The van der Waals surface area contributed by atoms with Crippen molar-refractivity contribution in [2.75, 3.05) is 0 Å². The van der Waals surface area contributed by atoms with E-state index in [-0.39, 0.29) is 5.91 Å². The smallest absolute Gasteiger partial charge is 0.251 e. The number of amides is 1. The summed E-state index contributed by atoms with van der Waals surface area (Å²) in [7, 11) is 0. The van der Waals surface area contributed by atoms with Crippen LogP contribution in [0.1, 0.15) is 28.7 Å². The molecule has 1 heterocycles. The molecule has 0 bridgehead atoms. The molecule has 2 rings (SSSR count). The summed E-state index contributed by atoms with van der Waals surface area (Å²) in [4.78, 5) is 12.0. The SMILES string of the molecule is CCn1cnnc1CNC(=O)c1ccc(C)c(Br)c1. The molecule has 100 valence electrons. The van der Waals surface area contributed by atoms with E-state index in [2.05, 4.69) is 31.4 Å². The maximum Gasteiger partial charge on any atom is 0.251 e. The number of nitrogens with zero attached hydrogens (tertiary/aromatic N) is 3. The van der Waals surface area contributed by atoms with Gasteiger partial charge in [-0.3, -0.25) is 4.79 Å². The topological polar surface area (TPSA) is 59.8 Å². The second kappa shape index (κ2) is 5.97. The number of aromatic nitrogens is 3. The van der Waals surface area contributed by atoms with Crippen LogP contribution in [0, 0.1) is 6.92 Å². The first-order chi connectivity index (χ1) is 9.11. The average Bonchev–Trinajstić information content (AvgIpc) is 2.86. The standard InChI is InChI=1S/C13H15BrN4O/c1-3-18-8-16-17-12(18)7-15-13(19)10-5-4-9(2)11(14)6-10/h4-6,8H,3,7H2,1-2H3,(H,15,19). The normalized spacial score (nSPS) is 10.5. The van der Waals surface area contributed by atoms with Gasteiger partial charge in [0, 0.05) is 16.6 Å². The lowest BCUT2D eigenvalue weighted by molar-refractivity contribution is 0.0949. The molecular formula is C13H15BrN4O. The lowest BCUT2D eigenvalue weighted by Gasteiger charge is -2.07. The van der Waals surface area contributed by atoms with E-state index in [0.29, 0.717) is 12.1 Å². The molecule has 0 spiro atoms. The van der Waals surface area contributed by atoms with Gasteiger partial charge in [-0.05, 0) is 31.5 Å². The highest BCUT2D eigenvalue weighted by Gasteiger charge is 2.09. The minimum atomic E-state index is -0.119. The average molecular weight is 323 g/mol. The number of hydrogen-bond donors (Lipinski definition) is 1. The quantitative estimate of drug-likeness (QED) is 0.939. The van der Waals surface area contributed by atoms with Crippen LogP contribution in [0.15, 0.2) is 29.0 Å². The maximum absolute atomic E-state index is 12.0. The first-order valence-corrected chi connectivity index (χ1v) is 6.82. The molecule has 0 saturated carbocycles. The highest BCUT2D eigenvalue weighted by atomic mass is 79.9. The third-order valence-corrected chi connectivity index (χ3v) is 3.73. The Morgan fingerprint density at radius 2 is 2.26 bits per heavy atom. The van der Waals surface area contributed by atoms with Crippen molar-refractivity contribution in [1.82, 2.24) is 20.1 Å². The maximum atomic E-state index is 12.0. The van der Waals surface area contributed by atoms with Gasteiger partial charge >= 0.3 is 0 Å². The second-order valence-electron chi connectivity index (χ2n) is 4.18. The molecule has 6 heteroatoms. The largest absolute Gasteiger partial charge is 0.345 e. The van der Waals surface area contributed by atoms with Crippen LogP contribution in [-0.4, -0.2) is 20.7 Å². The Bertz CT molecular complexity index is 594. The Morgan fingerprint density at radius 3 is 2.95 bits per heavy atom. The number of hydrogen-bond acceptors (Lipinski definition) is 3. The minimum absolute atomic E-state index is 0.119. The molecule has 0 aliphatic carbocycles. The number of nitrogens with one attached hydrogen (secondary N) is 1. The zero-order valence-corrected chi connectivity index (χ0v) is 12.4. The molecule has 0 fully saturated rings. The molecule has 0 aliphatic heterocycles. The first-order valence-electron chi connectivity index (χ1n) is 6.03. The third-order valence-electron chi connectivity index (χ3n) is 2.88. The van der Waals surface area contributed by atoms with Gasteiger partial charge in [0.1, 0.15) is 6.33 Å². The molecule has 0 aliphatic rings. The van der Waals surface area contributed by atoms with Crippen LogP contribution in [0.3, 0.4) is 0 Å². The highest BCUT2D eigenvalue weighted by molar-refractivity contribution is 9.10. The molecule has 2 aromatic rings.